The average Bonchev–Trinajstić information content (AvgIpc) is 2.87. The summed E-state index contributed by atoms with van der Waals surface area (Å²) in [5.74, 6) is -1.60. The Morgan fingerprint density at radius 2 is 2.04 bits per heavy atom. The zero-order valence-corrected chi connectivity index (χ0v) is 13.8. The number of aromatic carboxylic acids is 1. The van der Waals surface area contributed by atoms with Crippen molar-refractivity contribution >= 4 is 11.9 Å². The van der Waals surface area contributed by atoms with Crippen molar-refractivity contribution in [2.75, 3.05) is 0 Å². The fourth-order valence-electron chi connectivity index (χ4n) is 2.71. The van der Waals surface area contributed by atoms with Gasteiger partial charge in [0.05, 0.1) is 12.2 Å². The van der Waals surface area contributed by atoms with Crippen LogP contribution in [0.4, 0.5) is 0 Å². The second-order valence-electron chi connectivity index (χ2n) is 5.63. The van der Waals surface area contributed by atoms with Crippen molar-refractivity contribution in [3.63, 3.8) is 0 Å². The fraction of sp³-hybridized carbons (Fsp3) is 0.353. The molecule has 2 N–H and O–H groups in total. The first-order valence-corrected chi connectivity index (χ1v) is 7.48. The predicted octanol–water partition coefficient (Wildman–Crippen LogP) is 2.62. The molecule has 0 aliphatic rings. The van der Waals surface area contributed by atoms with Gasteiger partial charge in [-0.3, -0.25) is 9.48 Å². The Morgan fingerprint density at radius 1 is 1.35 bits per heavy atom. The maximum atomic E-state index is 12.5. The molecule has 0 saturated carbocycles. The van der Waals surface area contributed by atoms with Gasteiger partial charge in [-0.15, -0.1) is 0 Å². The summed E-state index contributed by atoms with van der Waals surface area (Å²) in [5, 5.41) is 16.0. The van der Waals surface area contributed by atoms with Crippen LogP contribution >= 0.6 is 0 Å². The number of carboxylic acid groups (broad SMARTS) is 1. The lowest BCUT2D eigenvalue weighted by Gasteiger charge is -2.20. The minimum absolute atomic E-state index is 0.0562. The van der Waals surface area contributed by atoms with Crippen LogP contribution in [0.1, 0.15) is 56.9 Å². The van der Waals surface area contributed by atoms with E-state index in [0.29, 0.717) is 6.42 Å². The lowest BCUT2D eigenvalue weighted by molar-refractivity contribution is 0.0690. The minimum Gasteiger partial charge on any atom is -0.478 e. The first-order chi connectivity index (χ1) is 10.8. The van der Waals surface area contributed by atoms with E-state index < -0.39 is 11.9 Å². The molecule has 6 heteroatoms. The summed E-state index contributed by atoms with van der Waals surface area (Å²) in [6, 6.07) is 5.89. The van der Waals surface area contributed by atoms with Gasteiger partial charge in [0.15, 0.2) is 0 Å². The van der Waals surface area contributed by atoms with E-state index in [2.05, 4.69) is 16.5 Å². The van der Waals surface area contributed by atoms with Crippen molar-refractivity contribution in [2.24, 2.45) is 7.05 Å². The Kier molecular flexibility index (Phi) is 4.83. The van der Waals surface area contributed by atoms with Gasteiger partial charge in [0.25, 0.3) is 5.91 Å². The van der Waals surface area contributed by atoms with E-state index in [1.807, 2.05) is 32.9 Å². The van der Waals surface area contributed by atoms with E-state index in [9.17, 15) is 14.7 Å². The summed E-state index contributed by atoms with van der Waals surface area (Å²) in [7, 11) is 1.55. The van der Waals surface area contributed by atoms with Gasteiger partial charge in [-0.1, -0.05) is 30.7 Å². The first kappa shape index (κ1) is 16.7. The molecule has 2 rings (SSSR count). The second-order valence-corrected chi connectivity index (χ2v) is 5.63. The van der Waals surface area contributed by atoms with Crippen molar-refractivity contribution < 1.29 is 14.7 Å². The third-order valence-electron chi connectivity index (χ3n) is 3.90. The molecule has 6 nitrogen and oxygen atoms in total. The van der Waals surface area contributed by atoms with E-state index in [0.717, 1.165) is 16.7 Å². The summed E-state index contributed by atoms with van der Waals surface area (Å²) in [6.07, 6.45) is 1.89. The van der Waals surface area contributed by atoms with E-state index in [4.69, 9.17) is 0 Å². The summed E-state index contributed by atoms with van der Waals surface area (Å²) >= 11 is 0. The predicted molar refractivity (Wildman–Crippen MR) is 86.6 cm³/mol. The summed E-state index contributed by atoms with van der Waals surface area (Å²) < 4.78 is 1.29. The maximum absolute atomic E-state index is 12.5. The number of rotatable bonds is 5. The van der Waals surface area contributed by atoms with Crippen LogP contribution in [0.3, 0.4) is 0 Å². The van der Waals surface area contributed by atoms with Gasteiger partial charge in [-0.05, 0) is 31.4 Å². The molecule has 0 unspecified atom stereocenters. The maximum Gasteiger partial charge on any atom is 0.339 e. The normalized spacial score (nSPS) is 12.0. The van der Waals surface area contributed by atoms with Gasteiger partial charge in [0.1, 0.15) is 11.3 Å². The SMILES string of the molecule is CC[C@@H](NC(=O)c1c(C(=O)O)cnn1C)c1ccc(C)cc1C. The van der Waals surface area contributed by atoms with Crippen LogP contribution in [0.2, 0.25) is 0 Å². The lowest BCUT2D eigenvalue weighted by atomic mass is 9.97. The number of nitrogens with one attached hydrogen (secondary N) is 1. The number of hydrogen-bond acceptors (Lipinski definition) is 3. The number of nitrogens with zero attached hydrogens (tertiary/aromatic N) is 2. The molecular weight excluding hydrogens is 294 g/mol. The summed E-state index contributed by atoms with van der Waals surface area (Å²) in [6.45, 7) is 6.00. The van der Waals surface area contributed by atoms with Crippen LogP contribution in [-0.2, 0) is 7.05 Å². The molecular formula is C17H21N3O3. The van der Waals surface area contributed by atoms with Crippen molar-refractivity contribution in [1.82, 2.24) is 15.1 Å². The third kappa shape index (κ3) is 3.41. The van der Waals surface area contributed by atoms with Gasteiger partial charge in [-0.2, -0.15) is 5.10 Å². The zero-order chi connectivity index (χ0) is 17.1. The van der Waals surface area contributed by atoms with Crippen LogP contribution in [0.25, 0.3) is 0 Å². The standard InChI is InChI=1S/C17H21N3O3/c1-5-14(12-7-6-10(2)8-11(12)3)19-16(21)15-13(17(22)23)9-18-20(15)4/h6-9,14H,5H2,1-4H3,(H,19,21)(H,22,23)/t14-/m1/s1. The van der Waals surface area contributed by atoms with E-state index in [-0.39, 0.29) is 17.3 Å². The molecule has 0 spiro atoms. The van der Waals surface area contributed by atoms with Gasteiger partial charge in [0, 0.05) is 7.05 Å². The molecule has 23 heavy (non-hydrogen) atoms. The summed E-state index contributed by atoms with van der Waals surface area (Å²) in [5.41, 5.74) is 3.25. The molecule has 1 amide bonds. The Hall–Kier alpha value is -2.63. The molecule has 2 aromatic rings. The van der Waals surface area contributed by atoms with E-state index in [1.54, 1.807) is 7.05 Å². The molecule has 1 aromatic heterocycles. The molecule has 0 bridgehead atoms. The highest BCUT2D eigenvalue weighted by atomic mass is 16.4. The van der Waals surface area contributed by atoms with Crippen LogP contribution in [0.15, 0.2) is 24.4 Å². The first-order valence-electron chi connectivity index (χ1n) is 7.48. The van der Waals surface area contributed by atoms with Crippen molar-refractivity contribution in [1.29, 1.82) is 0 Å². The number of amides is 1. The second kappa shape index (κ2) is 6.64. The smallest absolute Gasteiger partial charge is 0.339 e. The van der Waals surface area contributed by atoms with Crippen LogP contribution in [0, 0.1) is 13.8 Å². The van der Waals surface area contributed by atoms with E-state index in [1.165, 1.54) is 10.9 Å². The van der Waals surface area contributed by atoms with Crippen LogP contribution < -0.4 is 5.32 Å². The monoisotopic (exact) mass is 315 g/mol. The molecule has 0 aliphatic heterocycles. The Morgan fingerprint density at radius 3 is 2.61 bits per heavy atom. The lowest BCUT2D eigenvalue weighted by Crippen LogP contribution is -2.31. The van der Waals surface area contributed by atoms with Gasteiger partial charge in [0.2, 0.25) is 0 Å². The highest BCUT2D eigenvalue weighted by molar-refractivity contribution is 6.03. The largest absolute Gasteiger partial charge is 0.478 e. The number of hydrogen-bond donors (Lipinski definition) is 2. The number of carboxylic acids is 1. The van der Waals surface area contributed by atoms with Crippen LogP contribution in [0.5, 0.6) is 0 Å². The molecule has 1 atom stereocenters. The van der Waals surface area contributed by atoms with Crippen molar-refractivity contribution in [2.45, 2.75) is 33.2 Å². The number of carbonyl (C=O) groups excluding carboxylic acids is 1. The highest BCUT2D eigenvalue weighted by Gasteiger charge is 2.24. The number of benzene rings is 1. The summed E-state index contributed by atoms with van der Waals surface area (Å²) in [4.78, 5) is 23.8. The molecule has 1 heterocycles. The third-order valence-corrected chi connectivity index (χ3v) is 3.90. The van der Waals surface area contributed by atoms with Gasteiger partial charge in [-0.25, -0.2) is 4.79 Å². The quantitative estimate of drug-likeness (QED) is 0.888. The molecule has 0 saturated heterocycles. The van der Waals surface area contributed by atoms with Gasteiger partial charge >= 0.3 is 5.97 Å². The Labute approximate surface area is 135 Å². The molecule has 0 fully saturated rings. The van der Waals surface area contributed by atoms with Gasteiger partial charge < -0.3 is 10.4 Å². The number of carbonyl (C=O) groups is 2. The average molecular weight is 315 g/mol. The van der Waals surface area contributed by atoms with Crippen molar-refractivity contribution in [3.8, 4) is 0 Å². The minimum atomic E-state index is -1.16. The zero-order valence-electron chi connectivity index (χ0n) is 13.8. The number of aromatic nitrogens is 2. The van der Waals surface area contributed by atoms with Crippen molar-refractivity contribution in [3.05, 3.63) is 52.3 Å². The molecule has 0 aliphatic carbocycles. The Bertz CT molecular complexity index is 750. The highest BCUT2D eigenvalue weighted by Crippen LogP contribution is 2.22. The molecule has 122 valence electrons. The van der Waals surface area contributed by atoms with E-state index >= 15 is 0 Å². The molecule has 1 aromatic carbocycles. The Balaban J connectivity index is 2.31. The number of aryl methyl sites for hydroxylation is 3. The molecule has 0 radical (unpaired) electrons. The fourth-order valence-corrected chi connectivity index (χ4v) is 2.71. The van der Waals surface area contributed by atoms with Crippen LogP contribution in [-0.4, -0.2) is 26.8 Å². The topological polar surface area (TPSA) is 84.2 Å².